The van der Waals surface area contributed by atoms with Crippen LogP contribution in [0.1, 0.15) is 5.76 Å². The first-order chi connectivity index (χ1) is 8.25. The van der Waals surface area contributed by atoms with Gasteiger partial charge in [0.2, 0.25) is 0 Å². The average molecular weight is 229 g/mol. The molecule has 0 radical (unpaired) electrons. The zero-order valence-corrected chi connectivity index (χ0v) is 8.96. The molecule has 17 heavy (non-hydrogen) atoms. The molecule has 2 amide bonds. The van der Waals surface area contributed by atoms with E-state index in [1.807, 2.05) is 36.4 Å². The fourth-order valence-corrected chi connectivity index (χ4v) is 1.34. The topological polar surface area (TPSA) is 80.6 Å². The van der Waals surface area contributed by atoms with Crippen molar-refractivity contribution in [2.45, 2.75) is 0 Å². The van der Waals surface area contributed by atoms with E-state index in [1.165, 1.54) is 6.21 Å². The minimum Gasteiger partial charge on any atom is -0.455 e. The molecule has 0 aliphatic carbocycles. The van der Waals surface area contributed by atoms with Gasteiger partial charge in [0.25, 0.3) is 0 Å². The SMILES string of the molecule is NC(=O)N/N=C/c1ccc(-c2ccccc2)o1. The van der Waals surface area contributed by atoms with Crippen molar-refractivity contribution in [2.24, 2.45) is 10.8 Å². The number of hydrogen-bond donors (Lipinski definition) is 2. The van der Waals surface area contributed by atoms with Crippen molar-refractivity contribution >= 4 is 12.2 Å². The number of benzene rings is 1. The van der Waals surface area contributed by atoms with Gasteiger partial charge in [-0.3, -0.25) is 0 Å². The lowest BCUT2D eigenvalue weighted by Crippen LogP contribution is -2.24. The van der Waals surface area contributed by atoms with E-state index < -0.39 is 6.03 Å². The molecule has 1 aromatic carbocycles. The molecule has 0 aliphatic heterocycles. The second-order valence-corrected chi connectivity index (χ2v) is 3.30. The van der Waals surface area contributed by atoms with Gasteiger partial charge >= 0.3 is 6.03 Å². The van der Waals surface area contributed by atoms with Crippen LogP contribution in [0.3, 0.4) is 0 Å². The minimum atomic E-state index is -0.712. The second-order valence-electron chi connectivity index (χ2n) is 3.30. The second kappa shape index (κ2) is 4.98. The third kappa shape index (κ3) is 2.94. The van der Waals surface area contributed by atoms with E-state index in [-0.39, 0.29) is 0 Å². The monoisotopic (exact) mass is 229 g/mol. The van der Waals surface area contributed by atoms with Crippen LogP contribution in [0.4, 0.5) is 4.79 Å². The Balaban J connectivity index is 2.11. The van der Waals surface area contributed by atoms with Crippen molar-refractivity contribution in [3.63, 3.8) is 0 Å². The zero-order chi connectivity index (χ0) is 12.1. The van der Waals surface area contributed by atoms with Crippen LogP contribution < -0.4 is 11.2 Å². The Kier molecular flexibility index (Phi) is 3.20. The highest BCUT2D eigenvalue weighted by molar-refractivity contribution is 5.79. The first kappa shape index (κ1) is 10.9. The number of carbonyl (C=O) groups is 1. The van der Waals surface area contributed by atoms with Crippen LogP contribution in [0, 0.1) is 0 Å². The van der Waals surface area contributed by atoms with E-state index in [1.54, 1.807) is 6.07 Å². The van der Waals surface area contributed by atoms with E-state index in [4.69, 9.17) is 10.2 Å². The molecular weight excluding hydrogens is 218 g/mol. The summed E-state index contributed by atoms with van der Waals surface area (Å²) in [6.07, 6.45) is 1.39. The Morgan fingerprint density at radius 3 is 2.71 bits per heavy atom. The summed E-state index contributed by atoms with van der Waals surface area (Å²) in [6, 6.07) is 12.6. The van der Waals surface area contributed by atoms with Gasteiger partial charge in [0, 0.05) is 5.56 Å². The molecule has 0 unspecified atom stereocenters. The number of hydrogen-bond acceptors (Lipinski definition) is 3. The molecule has 5 nitrogen and oxygen atoms in total. The van der Waals surface area contributed by atoms with Gasteiger partial charge in [0.05, 0.1) is 6.21 Å². The molecule has 0 saturated carbocycles. The van der Waals surface area contributed by atoms with E-state index in [0.29, 0.717) is 5.76 Å². The molecule has 0 aliphatic rings. The third-order valence-corrected chi connectivity index (χ3v) is 2.05. The molecular formula is C12H11N3O2. The maximum absolute atomic E-state index is 10.4. The van der Waals surface area contributed by atoms with Crippen molar-refractivity contribution in [1.29, 1.82) is 0 Å². The van der Waals surface area contributed by atoms with E-state index in [2.05, 4.69) is 10.5 Å². The molecule has 1 heterocycles. The zero-order valence-electron chi connectivity index (χ0n) is 8.96. The molecule has 3 N–H and O–H groups in total. The summed E-state index contributed by atoms with van der Waals surface area (Å²) >= 11 is 0. The third-order valence-electron chi connectivity index (χ3n) is 2.05. The van der Waals surface area contributed by atoms with Gasteiger partial charge in [-0.25, -0.2) is 10.2 Å². The Morgan fingerprint density at radius 1 is 1.24 bits per heavy atom. The molecule has 0 spiro atoms. The van der Waals surface area contributed by atoms with Crippen molar-refractivity contribution in [1.82, 2.24) is 5.43 Å². The summed E-state index contributed by atoms with van der Waals surface area (Å²) in [6.45, 7) is 0. The predicted octanol–water partition coefficient (Wildman–Crippen LogP) is 1.95. The first-order valence-electron chi connectivity index (χ1n) is 4.99. The fraction of sp³-hybridized carbons (Fsp3) is 0. The summed E-state index contributed by atoms with van der Waals surface area (Å²) in [4.78, 5) is 10.4. The number of nitrogens with zero attached hydrogens (tertiary/aromatic N) is 1. The number of nitrogens with two attached hydrogens (primary N) is 1. The fourth-order valence-electron chi connectivity index (χ4n) is 1.34. The van der Waals surface area contributed by atoms with E-state index in [9.17, 15) is 4.79 Å². The maximum Gasteiger partial charge on any atom is 0.332 e. The summed E-state index contributed by atoms with van der Waals surface area (Å²) in [5.41, 5.74) is 7.93. The summed E-state index contributed by atoms with van der Waals surface area (Å²) in [7, 11) is 0. The van der Waals surface area contributed by atoms with Crippen LogP contribution in [0.2, 0.25) is 0 Å². The molecule has 0 bridgehead atoms. The number of furan rings is 1. The lowest BCUT2D eigenvalue weighted by molar-refractivity contribution is 0.249. The maximum atomic E-state index is 10.4. The Hall–Kier alpha value is -2.56. The van der Waals surface area contributed by atoms with Crippen molar-refractivity contribution in [3.8, 4) is 11.3 Å². The quantitative estimate of drug-likeness (QED) is 0.623. The normalized spacial score (nSPS) is 10.6. The van der Waals surface area contributed by atoms with Gasteiger partial charge in [-0.05, 0) is 12.1 Å². The average Bonchev–Trinajstić information content (AvgIpc) is 2.78. The lowest BCUT2D eigenvalue weighted by Gasteiger charge is -1.94. The van der Waals surface area contributed by atoms with Crippen LogP contribution >= 0.6 is 0 Å². The number of rotatable bonds is 3. The summed E-state index contributed by atoms with van der Waals surface area (Å²) in [5, 5.41) is 3.60. The minimum absolute atomic E-state index is 0.539. The molecule has 2 aromatic rings. The number of amides is 2. The van der Waals surface area contributed by atoms with Crippen LogP contribution in [-0.2, 0) is 0 Å². The highest BCUT2D eigenvalue weighted by Crippen LogP contribution is 2.20. The van der Waals surface area contributed by atoms with Crippen molar-refractivity contribution < 1.29 is 9.21 Å². The molecule has 0 atom stereocenters. The van der Waals surface area contributed by atoms with Crippen molar-refractivity contribution in [3.05, 3.63) is 48.2 Å². The largest absolute Gasteiger partial charge is 0.455 e. The van der Waals surface area contributed by atoms with Gasteiger partial charge in [-0.2, -0.15) is 5.10 Å². The first-order valence-corrected chi connectivity index (χ1v) is 4.99. The highest BCUT2D eigenvalue weighted by atomic mass is 16.3. The predicted molar refractivity (Wildman–Crippen MR) is 64.5 cm³/mol. The van der Waals surface area contributed by atoms with Crippen LogP contribution in [0.15, 0.2) is 52.0 Å². The molecule has 86 valence electrons. The Labute approximate surface area is 97.9 Å². The van der Waals surface area contributed by atoms with Crippen LogP contribution in [-0.4, -0.2) is 12.2 Å². The van der Waals surface area contributed by atoms with Gasteiger partial charge < -0.3 is 10.2 Å². The lowest BCUT2D eigenvalue weighted by atomic mass is 10.2. The molecule has 5 heteroatoms. The summed E-state index contributed by atoms with van der Waals surface area (Å²) < 4.78 is 5.51. The smallest absolute Gasteiger partial charge is 0.332 e. The molecule has 2 rings (SSSR count). The molecule has 0 fully saturated rings. The number of carbonyl (C=O) groups excluding carboxylic acids is 1. The Bertz CT molecular complexity index is 532. The summed E-state index contributed by atoms with van der Waals surface area (Å²) in [5.74, 6) is 1.28. The van der Waals surface area contributed by atoms with Gasteiger partial charge in [-0.15, -0.1) is 0 Å². The molecule has 1 aromatic heterocycles. The number of primary amides is 1. The highest BCUT2D eigenvalue weighted by Gasteiger charge is 2.01. The Morgan fingerprint density at radius 2 is 2.00 bits per heavy atom. The van der Waals surface area contributed by atoms with Gasteiger partial charge in [0.1, 0.15) is 11.5 Å². The van der Waals surface area contributed by atoms with Gasteiger partial charge in [0.15, 0.2) is 0 Å². The van der Waals surface area contributed by atoms with E-state index in [0.717, 1.165) is 11.3 Å². The van der Waals surface area contributed by atoms with Gasteiger partial charge in [-0.1, -0.05) is 30.3 Å². The number of urea groups is 1. The van der Waals surface area contributed by atoms with Crippen LogP contribution in [0.25, 0.3) is 11.3 Å². The van der Waals surface area contributed by atoms with Crippen molar-refractivity contribution in [2.75, 3.05) is 0 Å². The molecule has 0 saturated heterocycles. The number of nitrogens with one attached hydrogen (secondary N) is 1. The standard InChI is InChI=1S/C12H11N3O2/c13-12(16)15-14-8-10-6-7-11(17-10)9-4-2-1-3-5-9/h1-8H,(H3,13,15,16)/b14-8+. The van der Waals surface area contributed by atoms with Crippen LogP contribution in [0.5, 0.6) is 0 Å². The number of hydrazone groups is 1. The van der Waals surface area contributed by atoms with E-state index >= 15 is 0 Å².